The van der Waals surface area contributed by atoms with E-state index in [0.717, 1.165) is 27.3 Å². The molecule has 0 saturated carbocycles. The standard InChI is InChI=1S/C42H38F3NO6/c43-42(44,45)41(48)52-46-35(20-16-30-17-22-36(23-18-30)49-27-31-10-4-1-5-11-31)21-24-37(46)40(47)34-19-25-38(50-28-32-12-6-2-7-13-32)39(26-34)51-29-33-14-8-3-9-15-33/h1-15,17-19,22-23,25-26,35,37H,16,20-21,24,27-29H2. The van der Waals surface area contributed by atoms with Gasteiger partial charge in [0.1, 0.15) is 31.6 Å². The molecule has 0 amide bonds. The SMILES string of the molecule is O=C(c1ccc(OCc2ccccc2)c(OCc2ccccc2)c1)C1CCC(CCc2ccc(OCc3ccccc3)cc2)N1OC(=O)C(F)(F)F. The lowest BCUT2D eigenvalue weighted by Crippen LogP contribution is -2.45. The van der Waals surface area contributed by atoms with Crippen LogP contribution in [0.25, 0.3) is 0 Å². The first-order chi connectivity index (χ1) is 25.2. The van der Waals surface area contributed by atoms with Gasteiger partial charge in [0.25, 0.3) is 0 Å². The molecule has 7 nitrogen and oxygen atoms in total. The number of nitrogens with zero attached hydrogens (tertiary/aromatic N) is 1. The number of Topliss-reactive ketones (excluding diaryl/α,β-unsaturated/α-hetero) is 1. The smallest absolute Gasteiger partial charge is 0.489 e. The van der Waals surface area contributed by atoms with E-state index in [-0.39, 0.29) is 25.2 Å². The first kappa shape index (κ1) is 36.2. The Kier molecular flexibility index (Phi) is 11.9. The minimum Gasteiger partial charge on any atom is -0.489 e. The Morgan fingerprint density at radius 1 is 0.615 bits per heavy atom. The topological polar surface area (TPSA) is 74.3 Å². The van der Waals surface area contributed by atoms with Crippen molar-refractivity contribution in [1.29, 1.82) is 0 Å². The summed E-state index contributed by atoms with van der Waals surface area (Å²) in [6.45, 7) is 0.868. The van der Waals surface area contributed by atoms with Crippen LogP contribution in [0, 0.1) is 0 Å². The Hall–Kier alpha value is -5.61. The van der Waals surface area contributed by atoms with Gasteiger partial charge in [-0.3, -0.25) is 4.79 Å². The summed E-state index contributed by atoms with van der Waals surface area (Å²) in [4.78, 5) is 31.1. The van der Waals surface area contributed by atoms with Gasteiger partial charge < -0.3 is 19.0 Å². The van der Waals surface area contributed by atoms with Crippen molar-refractivity contribution < 1.29 is 41.8 Å². The third kappa shape index (κ3) is 9.79. The highest BCUT2D eigenvalue weighted by Crippen LogP contribution is 2.35. The second kappa shape index (κ2) is 17.1. The van der Waals surface area contributed by atoms with Gasteiger partial charge in [0.15, 0.2) is 17.3 Å². The summed E-state index contributed by atoms with van der Waals surface area (Å²) in [6, 6.07) is 39.2. The maximum atomic E-state index is 14.0. The van der Waals surface area contributed by atoms with Crippen LogP contribution in [0.3, 0.4) is 0 Å². The molecule has 52 heavy (non-hydrogen) atoms. The number of hydroxylamine groups is 2. The molecule has 268 valence electrons. The van der Waals surface area contributed by atoms with Gasteiger partial charge in [-0.15, -0.1) is 5.06 Å². The minimum atomic E-state index is -5.23. The maximum absolute atomic E-state index is 14.0. The van der Waals surface area contributed by atoms with Crippen molar-refractivity contribution in [2.75, 3.05) is 0 Å². The van der Waals surface area contributed by atoms with Gasteiger partial charge in [-0.2, -0.15) is 13.2 Å². The van der Waals surface area contributed by atoms with Crippen molar-refractivity contribution in [3.8, 4) is 17.2 Å². The summed E-state index contributed by atoms with van der Waals surface area (Å²) < 4.78 is 58.3. The molecule has 5 aromatic carbocycles. The molecule has 10 heteroatoms. The van der Waals surface area contributed by atoms with Crippen molar-refractivity contribution >= 4 is 11.8 Å². The fraction of sp³-hybridized carbons (Fsp3) is 0.238. The number of carbonyl (C=O) groups is 2. The third-order valence-electron chi connectivity index (χ3n) is 8.80. The second-order valence-electron chi connectivity index (χ2n) is 12.5. The van der Waals surface area contributed by atoms with Crippen LogP contribution in [-0.2, 0) is 35.9 Å². The Morgan fingerprint density at radius 3 is 1.71 bits per heavy atom. The molecule has 6 rings (SSSR count). The molecule has 2 unspecified atom stereocenters. The molecule has 5 aromatic rings. The van der Waals surface area contributed by atoms with Crippen LogP contribution >= 0.6 is 0 Å². The molecule has 2 atom stereocenters. The quantitative estimate of drug-likeness (QED) is 0.100. The van der Waals surface area contributed by atoms with Crippen molar-refractivity contribution in [2.45, 2.75) is 63.8 Å². The minimum absolute atomic E-state index is 0.194. The van der Waals surface area contributed by atoms with Crippen LogP contribution in [0.5, 0.6) is 17.2 Å². The van der Waals surface area contributed by atoms with Crippen molar-refractivity contribution in [2.24, 2.45) is 0 Å². The fourth-order valence-electron chi connectivity index (χ4n) is 6.05. The van der Waals surface area contributed by atoms with Gasteiger partial charge in [-0.1, -0.05) is 103 Å². The largest absolute Gasteiger partial charge is 0.492 e. The highest BCUT2D eigenvalue weighted by atomic mass is 19.4. The molecular formula is C42H38F3NO6. The van der Waals surface area contributed by atoms with Crippen LogP contribution < -0.4 is 14.2 Å². The number of ether oxygens (including phenoxy) is 3. The Labute approximate surface area is 300 Å². The number of rotatable bonds is 15. The number of carbonyl (C=O) groups excluding carboxylic acids is 2. The molecule has 1 fully saturated rings. The highest BCUT2D eigenvalue weighted by molar-refractivity contribution is 6.01. The van der Waals surface area contributed by atoms with Crippen LogP contribution in [0.4, 0.5) is 13.2 Å². The summed E-state index contributed by atoms with van der Waals surface area (Å²) in [5, 5.41) is 0.944. The second-order valence-corrected chi connectivity index (χ2v) is 12.5. The molecule has 1 aliphatic rings. The van der Waals surface area contributed by atoms with Gasteiger partial charge in [-0.05, 0) is 78.3 Å². The first-order valence-corrected chi connectivity index (χ1v) is 17.1. The van der Waals surface area contributed by atoms with Gasteiger partial charge in [0.05, 0.1) is 0 Å². The zero-order chi connectivity index (χ0) is 36.3. The van der Waals surface area contributed by atoms with E-state index in [9.17, 15) is 22.8 Å². The molecule has 0 radical (unpaired) electrons. The summed E-state index contributed by atoms with van der Waals surface area (Å²) in [5.41, 5.74) is 3.98. The molecule has 0 N–H and O–H groups in total. The summed E-state index contributed by atoms with van der Waals surface area (Å²) in [5.74, 6) is -1.47. The Morgan fingerprint density at radius 2 is 1.15 bits per heavy atom. The molecule has 0 bridgehead atoms. The van der Waals surface area contributed by atoms with E-state index in [4.69, 9.17) is 19.0 Å². The lowest BCUT2D eigenvalue weighted by atomic mass is 10.0. The van der Waals surface area contributed by atoms with Gasteiger partial charge >= 0.3 is 12.1 Å². The van der Waals surface area contributed by atoms with Gasteiger partial charge in [-0.25, -0.2) is 4.79 Å². The number of aryl methyl sites for hydroxylation is 1. The number of benzene rings is 5. The highest BCUT2D eigenvalue weighted by Gasteiger charge is 2.47. The monoisotopic (exact) mass is 709 g/mol. The predicted molar refractivity (Wildman–Crippen MR) is 189 cm³/mol. The van der Waals surface area contributed by atoms with E-state index in [1.54, 1.807) is 12.1 Å². The summed E-state index contributed by atoms with van der Waals surface area (Å²) >= 11 is 0. The van der Waals surface area contributed by atoms with Crippen molar-refractivity contribution in [3.05, 3.63) is 161 Å². The number of hydrogen-bond acceptors (Lipinski definition) is 7. The van der Waals surface area contributed by atoms with Crippen LogP contribution in [0.15, 0.2) is 133 Å². The molecule has 1 aliphatic heterocycles. The van der Waals surface area contributed by atoms with Crippen LogP contribution in [0.2, 0.25) is 0 Å². The molecule has 0 aromatic heterocycles. The average molecular weight is 710 g/mol. The summed E-state index contributed by atoms with van der Waals surface area (Å²) in [7, 11) is 0. The molecule has 0 spiro atoms. The average Bonchev–Trinajstić information content (AvgIpc) is 3.57. The van der Waals surface area contributed by atoms with Crippen LogP contribution in [-0.4, -0.2) is 35.1 Å². The number of hydrogen-bond donors (Lipinski definition) is 0. The first-order valence-electron chi connectivity index (χ1n) is 17.1. The van der Waals surface area contributed by atoms with E-state index in [1.807, 2.05) is 115 Å². The van der Waals surface area contributed by atoms with Crippen LogP contribution in [0.1, 0.15) is 51.9 Å². The number of alkyl halides is 3. The summed E-state index contributed by atoms with van der Waals surface area (Å²) in [6.07, 6.45) is -3.83. The van der Waals surface area contributed by atoms with Gasteiger partial charge in [0.2, 0.25) is 0 Å². The zero-order valence-electron chi connectivity index (χ0n) is 28.3. The molecule has 1 saturated heterocycles. The van der Waals surface area contributed by atoms with E-state index >= 15 is 0 Å². The lowest BCUT2D eigenvalue weighted by molar-refractivity contribution is -0.245. The number of halogens is 3. The van der Waals surface area contributed by atoms with E-state index in [1.165, 1.54) is 6.07 Å². The number of ketones is 1. The Bertz CT molecular complexity index is 1900. The molecular weight excluding hydrogens is 671 g/mol. The van der Waals surface area contributed by atoms with Gasteiger partial charge in [0, 0.05) is 11.6 Å². The maximum Gasteiger partial charge on any atom is 0.492 e. The van der Waals surface area contributed by atoms with E-state index < -0.39 is 30.0 Å². The van der Waals surface area contributed by atoms with E-state index in [2.05, 4.69) is 0 Å². The normalized spacial score (nSPS) is 15.9. The predicted octanol–water partition coefficient (Wildman–Crippen LogP) is 9.09. The lowest BCUT2D eigenvalue weighted by Gasteiger charge is -2.28. The fourth-order valence-corrected chi connectivity index (χ4v) is 6.05. The Balaban J connectivity index is 1.16. The third-order valence-corrected chi connectivity index (χ3v) is 8.80. The molecule has 1 heterocycles. The van der Waals surface area contributed by atoms with E-state index in [0.29, 0.717) is 43.1 Å². The molecule has 0 aliphatic carbocycles. The zero-order valence-corrected chi connectivity index (χ0v) is 28.3. The van der Waals surface area contributed by atoms with Crippen molar-refractivity contribution in [1.82, 2.24) is 5.06 Å². The van der Waals surface area contributed by atoms with Crippen molar-refractivity contribution in [3.63, 3.8) is 0 Å².